The molecule has 2 aromatic carbocycles. The third-order valence-electron chi connectivity index (χ3n) is 3.56. The van der Waals surface area contributed by atoms with Gasteiger partial charge in [0.15, 0.2) is 9.84 Å². The van der Waals surface area contributed by atoms with Crippen molar-refractivity contribution in [3.63, 3.8) is 0 Å². The maximum absolute atomic E-state index is 13.2. The normalized spacial score (nSPS) is 12.8. The van der Waals surface area contributed by atoms with Gasteiger partial charge in [-0.15, -0.1) is 0 Å². The molecule has 0 saturated heterocycles. The number of nitrogens with two attached hydrogens (primary N) is 1. The number of anilines is 1. The first kappa shape index (κ1) is 21.2. The fraction of sp³-hybridized carbons (Fsp3) is 0.250. The lowest BCUT2D eigenvalue weighted by atomic mass is 10.1. The molecule has 0 atom stereocenters. The van der Waals surface area contributed by atoms with Gasteiger partial charge in [-0.2, -0.15) is 13.2 Å². The van der Waals surface area contributed by atoms with Crippen molar-refractivity contribution in [2.45, 2.75) is 23.4 Å². The van der Waals surface area contributed by atoms with Gasteiger partial charge in [-0.05, 0) is 29.3 Å². The molecular weight excluding hydrogens is 405 g/mol. The number of hydrogen-bond acceptors (Lipinski definition) is 5. The number of benzene rings is 2. The molecule has 0 amide bonds. The largest absolute Gasteiger partial charge is 0.418 e. The molecule has 0 aliphatic heterocycles. The Bertz CT molecular complexity index is 1030. The van der Waals surface area contributed by atoms with E-state index < -0.39 is 36.5 Å². The molecule has 0 spiro atoms. The molecule has 0 bridgehead atoms. The Hall–Kier alpha value is -2.11. The van der Waals surface area contributed by atoms with Crippen LogP contribution >= 0.6 is 0 Å². The second-order valence-electron chi connectivity index (χ2n) is 5.99. The van der Waals surface area contributed by atoms with Crippen LogP contribution in [0.15, 0.2) is 47.4 Å². The van der Waals surface area contributed by atoms with E-state index in [0.29, 0.717) is 17.2 Å². The summed E-state index contributed by atoms with van der Waals surface area (Å²) in [6, 6.07) is 8.81. The fourth-order valence-corrected chi connectivity index (χ4v) is 3.68. The van der Waals surface area contributed by atoms with Gasteiger partial charge in [0.05, 0.1) is 16.2 Å². The van der Waals surface area contributed by atoms with Crippen molar-refractivity contribution >= 4 is 25.5 Å². The third-order valence-corrected chi connectivity index (χ3v) is 5.33. The van der Waals surface area contributed by atoms with Crippen LogP contribution in [0.2, 0.25) is 0 Å². The molecule has 0 unspecified atom stereocenters. The standard InChI is InChI=1S/C16H17F3N2O4S2/c1-26(22,23)10-12-4-2-11(3-5-12)9-21-15-7-6-13(27(20,24)25)8-14(15)16(17,18)19/h2-8,21H,9-10H2,1H3,(H2,20,24,25). The van der Waals surface area contributed by atoms with Crippen LogP contribution in [0.25, 0.3) is 0 Å². The number of sulfonamides is 1. The molecule has 11 heteroatoms. The van der Waals surface area contributed by atoms with Gasteiger partial charge in [-0.1, -0.05) is 24.3 Å². The van der Waals surface area contributed by atoms with Crippen molar-refractivity contribution in [2.24, 2.45) is 5.14 Å². The van der Waals surface area contributed by atoms with E-state index in [0.717, 1.165) is 18.4 Å². The number of hydrogen-bond donors (Lipinski definition) is 2. The zero-order chi connectivity index (χ0) is 20.5. The van der Waals surface area contributed by atoms with E-state index >= 15 is 0 Å². The monoisotopic (exact) mass is 422 g/mol. The number of sulfone groups is 1. The highest BCUT2D eigenvalue weighted by atomic mass is 32.2. The van der Waals surface area contributed by atoms with Gasteiger partial charge in [-0.25, -0.2) is 22.0 Å². The first-order valence-electron chi connectivity index (χ1n) is 7.49. The van der Waals surface area contributed by atoms with Crippen LogP contribution in [0.1, 0.15) is 16.7 Å². The Labute approximate surface area is 155 Å². The summed E-state index contributed by atoms with van der Waals surface area (Å²) in [6.07, 6.45) is -3.67. The van der Waals surface area contributed by atoms with Gasteiger partial charge >= 0.3 is 6.18 Å². The maximum atomic E-state index is 13.2. The number of halogens is 3. The minimum Gasteiger partial charge on any atom is -0.380 e. The van der Waals surface area contributed by atoms with Crippen LogP contribution in [-0.2, 0) is 38.3 Å². The molecule has 2 rings (SSSR count). The SMILES string of the molecule is CS(=O)(=O)Cc1ccc(CNc2ccc(S(N)(=O)=O)cc2C(F)(F)F)cc1. The first-order valence-corrected chi connectivity index (χ1v) is 11.1. The smallest absolute Gasteiger partial charge is 0.380 e. The lowest BCUT2D eigenvalue weighted by Crippen LogP contribution is -2.16. The van der Waals surface area contributed by atoms with Gasteiger partial charge < -0.3 is 5.32 Å². The topological polar surface area (TPSA) is 106 Å². The van der Waals surface area contributed by atoms with E-state index in [1.54, 1.807) is 24.3 Å². The van der Waals surface area contributed by atoms with Crippen molar-refractivity contribution < 1.29 is 30.0 Å². The quantitative estimate of drug-likeness (QED) is 0.744. The minimum absolute atomic E-state index is 0.0248. The third kappa shape index (κ3) is 6.22. The Morgan fingerprint density at radius 1 is 0.963 bits per heavy atom. The van der Waals surface area contributed by atoms with Crippen LogP contribution in [0, 0.1) is 0 Å². The van der Waals surface area contributed by atoms with E-state index in [1.165, 1.54) is 0 Å². The van der Waals surface area contributed by atoms with Crippen molar-refractivity contribution in [2.75, 3.05) is 11.6 Å². The van der Waals surface area contributed by atoms with Crippen LogP contribution in [0.4, 0.5) is 18.9 Å². The summed E-state index contributed by atoms with van der Waals surface area (Å²) in [5, 5.41) is 7.49. The summed E-state index contributed by atoms with van der Waals surface area (Å²) >= 11 is 0. The Balaban J connectivity index is 2.22. The summed E-state index contributed by atoms with van der Waals surface area (Å²) in [7, 11) is -7.45. The van der Waals surface area contributed by atoms with Crippen molar-refractivity contribution in [3.05, 3.63) is 59.2 Å². The molecule has 27 heavy (non-hydrogen) atoms. The average molecular weight is 422 g/mol. The Kier molecular flexibility index (Phi) is 5.88. The average Bonchev–Trinajstić information content (AvgIpc) is 2.51. The molecule has 0 radical (unpaired) electrons. The maximum Gasteiger partial charge on any atom is 0.418 e. The molecule has 0 aromatic heterocycles. The molecule has 0 aliphatic rings. The lowest BCUT2D eigenvalue weighted by Gasteiger charge is -2.16. The summed E-state index contributed by atoms with van der Waals surface area (Å²) in [5.74, 6) is -0.131. The molecule has 0 aliphatic carbocycles. The molecule has 3 N–H and O–H groups in total. The van der Waals surface area contributed by atoms with E-state index in [-0.39, 0.29) is 18.0 Å². The van der Waals surface area contributed by atoms with E-state index in [2.05, 4.69) is 5.32 Å². The van der Waals surface area contributed by atoms with E-state index in [4.69, 9.17) is 5.14 Å². The number of rotatable bonds is 6. The summed E-state index contributed by atoms with van der Waals surface area (Å²) < 4.78 is 84.7. The molecular formula is C16H17F3N2O4S2. The number of alkyl halides is 3. The van der Waals surface area contributed by atoms with Gasteiger partial charge in [-0.3, -0.25) is 0 Å². The number of nitrogens with one attached hydrogen (secondary N) is 1. The summed E-state index contributed by atoms with van der Waals surface area (Å²) in [6.45, 7) is 0.0248. The van der Waals surface area contributed by atoms with Crippen molar-refractivity contribution in [1.82, 2.24) is 0 Å². The highest BCUT2D eigenvalue weighted by Gasteiger charge is 2.34. The predicted molar refractivity (Wildman–Crippen MR) is 95.1 cm³/mol. The van der Waals surface area contributed by atoms with E-state index in [9.17, 15) is 30.0 Å². The lowest BCUT2D eigenvalue weighted by molar-refractivity contribution is -0.137. The second kappa shape index (κ2) is 7.49. The molecule has 2 aromatic rings. The second-order valence-corrected chi connectivity index (χ2v) is 9.69. The molecule has 148 valence electrons. The highest BCUT2D eigenvalue weighted by molar-refractivity contribution is 7.90. The first-order chi connectivity index (χ1) is 12.3. The predicted octanol–water partition coefficient (Wildman–Crippen LogP) is 2.51. The van der Waals surface area contributed by atoms with Gasteiger partial charge in [0.2, 0.25) is 10.0 Å². The van der Waals surface area contributed by atoms with Crippen LogP contribution in [0.3, 0.4) is 0 Å². The molecule has 0 fully saturated rings. The fourth-order valence-electron chi connectivity index (χ4n) is 2.34. The summed E-state index contributed by atoms with van der Waals surface area (Å²) in [4.78, 5) is -0.634. The summed E-state index contributed by atoms with van der Waals surface area (Å²) in [5.41, 5.74) is -0.261. The van der Waals surface area contributed by atoms with Gasteiger partial charge in [0.25, 0.3) is 0 Å². The molecule has 0 heterocycles. The van der Waals surface area contributed by atoms with Crippen molar-refractivity contribution in [3.8, 4) is 0 Å². The van der Waals surface area contributed by atoms with Gasteiger partial charge in [0, 0.05) is 18.5 Å². The van der Waals surface area contributed by atoms with Crippen LogP contribution in [0.5, 0.6) is 0 Å². The zero-order valence-corrected chi connectivity index (χ0v) is 15.7. The molecule has 6 nitrogen and oxygen atoms in total. The molecule has 0 saturated carbocycles. The highest BCUT2D eigenvalue weighted by Crippen LogP contribution is 2.36. The zero-order valence-electron chi connectivity index (χ0n) is 14.1. The van der Waals surface area contributed by atoms with Gasteiger partial charge in [0.1, 0.15) is 0 Å². The van der Waals surface area contributed by atoms with Crippen LogP contribution in [-0.4, -0.2) is 23.1 Å². The Morgan fingerprint density at radius 3 is 2.00 bits per heavy atom. The number of primary sulfonamides is 1. The Morgan fingerprint density at radius 2 is 1.52 bits per heavy atom. The van der Waals surface area contributed by atoms with E-state index in [1.807, 2.05) is 0 Å². The minimum atomic E-state index is -4.78. The van der Waals surface area contributed by atoms with Crippen molar-refractivity contribution in [1.29, 1.82) is 0 Å². The van der Waals surface area contributed by atoms with Crippen LogP contribution < -0.4 is 10.5 Å².